The van der Waals surface area contributed by atoms with E-state index in [1.807, 2.05) is 14.0 Å². The average Bonchev–Trinajstić information content (AvgIpc) is 2.39. The van der Waals surface area contributed by atoms with Crippen molar-refractivity contribution in [1.29, 1.82) is 0 Å². The maximum Gasteiger partial charge on any atom is 0.124 e. The lowest BCUT2D eigenvalue weighted by atomic mass is 9.97. The summed E-state index contributed by atoms with van der Waals surface area (Å²) < 4.78 is 0. The van der Waals surface area contributed by atoms with Gasteiger partial charge in [-0.3, -0.25) is 4.90 Å². The van der Waals surface area contributed by atoms with E-state index in [1.54, 1.807) is 18.2 Å². The SMILES string of the molecule is CC(c1c(O)cccc1O)N(C)CC1CCCNC1. The molecular formula is C15H24N2O2. The second kappa shape index (κ2) is 6.26. The number of piperidine rings is 1. The highest BCUT2D eigenvalue weighted by atomic mass is 16.3. The highest BCUT2D eigenvalue weighted by Gasteiger charge is 2.22. The summed E-state index contributed by atoms with van der Waals surface area (Å²) in [4.78, 5) is 2.20. The van der Waals surface area contributed by atoms with Crippen molar-refractivity contribution in [2.24, 2.45) is 5.92 Å². The zero-order valence-corrected chi connectivity index (χ0v) is 11.8. The van der Waals surface area contributed by atoms with Crippen molar-refractivity contribution >= 4 is 0 Å². The van der Waals surface area contributed by atoms with E-state index in [0.29, 0.717) is 11.5 Å². The summed E-state index contributed by atoms with van der Waals surface area (Å²) in [6, 6.07) is 4.91. The lowest BCUT2D eigenvalue weighted by Crippen LogP contribution is -2.37. The Balaban J connectivity index is 2.03. The minimum atomic E-state index is 0.00289. The third-order valence-corrected chi connectivity index (χ3v) is 4.08. The molecule has 0 aliphatic carbocycles. The van der Waals surface area contributed by atoms with Gasteiger partial charge in [-0.25, -0.2) is 0 Å². The Morgan fingerprint density at radius 2 is 2.05 bits per heavy atom. The van der Waals surface area contributed by atoms with E-state index in [2.05, 4.69) is 10.2 Å². The third-order valence-electron chi connectivity index (χ3n) is 4.08. The van der Waals surface area contributed by atoms with Gasteiger partial charge in [0.2, 0.25) is 0 Å². The van der Waals surface area contributed by atoms with Crippen molar-refractivity contribution in [3.05, 3.63) is 23.8 Å². The van der Waals surface area contributed by atoms with Gasteiger partial charge < -0.3 is 15.5 Å². The molecule has 2 atom stereocenters. The fourth-order valence-electron chi connectivity index (χ4n) is 2.83. The average molecular weight is 264 g/mol. The second-order valence-electron chi connectivity index (χ2n) is 5.54. The second-order valence-corrected chi connectivity index (χ2v) is 5.54. The van der Waals surface area contributed by atoms with E-state index in [-0.39, 0.29) is 17.5 Å². The fourth-order valence-corrected chi connectivity index (χ4v) is 2.83. The summed E-state index contributed by atoms with van der Waals surface area (Å²) in [5.74, 6) is 0.983. The summed E-state index contributed by atoms with van der Waals surface area (Å²) in [7, 11) is 2.05. The van der Waals surface area contributed by atoms with Gasteiger partial charge in [0.1, 0.15) is 11.5 Å². The molecule has 2 unspecified atom stereocenters. The molecule has 0 spiro atoms. The largest absolute Gasteiger partial charge is 0.507 e. The van der Waals surface area contributed by atoms with Crippen molar-refractivity contribution in [3.63, 3.8) is 0 Å². The lowest BCUT2D eigenvalue weighted by Gasteiger charge is -2.32. The monoisotopic (exact) mass is 264 g/mol. The van der Waals surface area contributed by atoms with Gasteiger partial charge in [-0.1, -0.05) is 6.07 Å². The molecule has 0 aromatic heterocycles. The van der Waals surface area contributed by atoms with Crippen LogP contribution in [0, 0.1) is 5.92 Å². The molecule has 1 aliphatic heterocycles. The molecule has 1 aromatic rings. The Bertz CT molecular complexity index is 396. The molecule has 3 N–H and O–H groups in total. The molecule has 0 saturated carbocycles. The summed E-state index contributed by atoms with van der Waals surface area (Å²) >= 11 is 0. The third kappa shape index (κ3) is 3.39. The maximum absolute atomic E-state index is 9.92. The van der Waals surface area contributed by atoms with Crippen LogP contribution in [-0.4, -0.2) is 41.8 Å². The Labute approximate surface area is 115 Å². The molecule has 4 nitrogen and oxygen atoms in total. The van der Waals surface area contributed by atoms with Crippen molar-refractivity contribution in [3.8, 4) is 11.5 Å². The quantitative estimate of drug-likeness (QED) is 0.779. The highest BCUT2D eigenvalue weighted by molar-refractivity contribution is 5.44. The maximum atomic E-state index is 9.92. The van der Waals surface area contributed by atoms with Crippen LogP contribution < -0.4 is 5.32 Å². The van der Waals surface area contributed by atoms with Crippen LogP contribution in [-0.2, 0) is 0 Å². The molecule has 1 fully saturated rings. The van der Waals surface area contributed by atoms with Gasteiger partial charge >= 0.3 is 0 Å². The van der Waals surface area contributed by atoms with Crippen LogP contribution in [0.25, 0.3) is 0 Å². The van der Waals surface area contributed by atoms with Gasteiger partial charge in [-0.15, -0.1) is 0 Å². The zero-order valence-electron chi connectivity index (χ0n) is 11.8. The number of hydrogen-bond donors (Lipinski definition) is 3. The van der Waals surface area contributed by atoms with Gasteiger partial charge in [0.15, 0.2) is 0 Å². The minimum absolute atomic E-state index is 0.00289. The number of aromatic hydroxyl groups is 2. The van der Waals surface area contributed by atoms with E-state index in [1.165, 1.54) is 12.8 Å². The molecule has 0 radical (unpaired) electrons. The first kappa shape index (κ1) is 14.2. The van der Waals surface area contributed by atoms with Gasteiger partial charge in [-0.2, -0.15) is 0 Å². The summed E-state index contributed by atoms with van der Waals surface area (Å²) in [6.45, 7) is 5.17. The molecule has 1 saturated heterocycles. The minimum Gasteiger partial charge on any atom is -0.507 e. The molecule has 19 heavy (non-hydrogen) atoms. The predicted molar refractivity (Wildman–Crippen MR) is 76.4 cm³/mol. The van der Waals surface area contributed by atoms with Crippen molar-refractivity contribution in [2.45, 2.75) is 25.8 Å². The van der Waals surface area contributed by atoms with E-state index in [4.69, 9.17) is 0 Å². The molecular weight excluding hydrogens is 240 g/mol. The first-order valence-electron chi connectivity index (χ1n) is 7.01. The van der Waals surface area contributed by atoms with Crippen LogP contribution in [0.5, 0.6) is 11.5 Å². The van der Waals surface area contributed by atoms with Crippen LogP contribution in [0.3, 0.4) is 0 Å². The van der Waals surface area contributed by atoms with Crippen molar-refractivity contribution < 1.29 is 10.2 Å². The van der Waals surface area contributed by atoms with Gasteiger partial charge in [0.25, 0.3) is 0 Å². The van der Waals surface area contributed by atoms with Gasteiger partial charge in [-0.05, 0) is 58.0 Å². The molecule has 106 valence electrons. The molecule has 0 bridgehead atoms. The summed E-state index contributed by atoms with van der Waals surface area (Å²) in [5.41, 5.74) is 0.619. The standard InChI is InChI=1S/C15H24N2O2/c1-11(15-13(18)6-3-7-14(15)19)17(2)10-12-5-4-8-16-9-12/h3,6-7,11-12,16,18-19H,4-5,8-10H2,1-2H3. The normalized spacial score (nSPS) is 21.5. The number of nitrogens with one attached hydrogen (secondary N) is 1. The van der Waals surface area contributed by atoms with Crippen molar-refractivity contribution in [2.75, 3.05) is 26.7 Å². The Morgan fingerprint density at radius 1 is 1.37 bits per heavy atom. The number of phenols is 2. The smallest absolute Gasteiger partial charge is 0.124 e. The number of hydrogen-bond acceptors (Lipinski definition) is 4. The van der Waals surface area contributed by atoms with Crippen LogP contribution in [0.2, 0.25) is 0 Å². The number of nitrogens with zero attached hydrogens (tertiary/aromatic N) is 1. The first-order valence-corrected chi connectivity index (χ1v) is 7.01. The molecule has 1 aliphatic rings. The Hall–Kier alpha value is -1.26. The topological polar surface area (TPSA) is 55.7 Å². The van der Waals surface area contributed by atoms with E-state index < -0.39 is 0 Å². The fraction of sp³-hybridized carbons (Fsp3) is 0.600. The van der Waals surface area contributed by atoms with Crippen LogP contribution >= 0.6 is 0 Å². The number of phenolic OH excluding ortho intramolecular Hbond substituents is 2. The van der Waals surface area contributed by atoms with E-state index in [0.717, 1.165) is 19.6 Å². The van der Waals surface area contributed by atoms with Crippen LogP contribution in [0.4, 0.5) is 0 Å². The highest BCUT2D eigenvalue weighted by Crippen LogP contribution is 2.35. The van der Waals surface area contributed by atoms with Gasteiger partial charge in [0.05, 0.1) is 5.56 Å². The molecule has 4 heteroatoms. The molecule has 1 aromatic carbocycles. The van der Waals surface area contributed by atoms with Crippen LogP contribution in [0.15, 0.2) is 18.2 Å². The summed E-state index contributed by atoms with van der Waals surface area (Å²) in [5, 5.41) is 23.3. The molecule has 0 amide bonds. The van der Waals surface area contributed by atoms with Crippen molar-refractivity contribution in [1.82, 2.24) is 10.2 Å². The number of benzene rings is 1. The van der Waals surface area contributed by atoms with Gasteiger partial charge in [0, 0.05) is 12.6 Å². The molecule has 1 heterocycles. The zero-order chi connectivity index (χ0) is 13.8. The molecule has 2 rings (SSSR count). The van der Waals surface area contributed by atoms with E-state index in [9.17, 15) is 10.2 Å². The predicted octanol–water partition coefficient (Wildman–Crippen LogP) is 2.09. The Morgan fingerprint density at radius 3 is 2.63 bits per heavy atom. The summed E-state index contributed by atoms with van der Waals surface area (Å²) in [6.07, 6.45) is 2.48. The van der Waals surface area contributed by atoms with E-state index >= 15 is 0 Å². The Kier molecular flexibility index (Phi) is 4.66. The van der Waals surface area contributed by atoms with Crippen LogP contribution in [0.1, 0.15) is 31.4 Å². The lowest BCUT2D eigenvalue weighted by molar-refractivity contribution is 0.194. The number of rotatable bonds is 4. The first-order chi connectivity index (χ1) is 9.09.